The molecule has 8 heteroatoms. The lowest BCUT2D eigenvalue weighted by atomic mass is 10.2. The second-order valence-corrected chi connectivity index (χ2v) is 9.81. The molecule has 1 atom stereocenters. The van der Waals surface area contributed by atoms with Crippen molar-refractivity contribution in [3.8, 4) is 0 Å². The molecule has 1 aromatic carbocycles. The van der Waals surface area contributed by atoms with Crippen LogP contribution in [-0.2, 0) is 14.8 Å². The Bertz CT molecular complexity index is 816. The summed E-state index contributed by atoms with van der Waals surface area (Å²) in [4.78, 5) is 13.0. The third kappa shape index (κ3) is 4.08. The maximum Gasteiger partial charge on any atom is 0.337 e. The molecular weight excluding hydrogens is 378 g/mol. The van der Waals surface area contributed by atoms with E-state index in [1.54, 1.807) is 15.6 Å². The molecule has 1 aliphatic rings. The summed E-state index contributed by atoms with van der Waals surface area (Å²) in [5.41, 5.74) is 0.339. The summed E-state index contributed by atoms with van der Waals surface area (Å²) < 4.78 is 32.0. The highest BCUT2D eigenvalue weighted by Crippen LogP contribution is 2.37. The van der Waals surface area contributed by atoms with Crippen molar-refractivity contribution in [2.24, 2.45) is 0 Å². The average Bonchev–Trinajstić information content (AvgIpc) is 3.05. The van der Waals surface area contributed by atoms with Crippen LogP contribution in [0.2, 0.25) is 0 Å². The number of nitrogens with zero attached hydrogens (tertiary/aromatic N) is 1. The van der Waals surface area contributed by atoms with E-state index < -0.39 is 16.0 Å². The lowest BCUT2D eigenvalue weighted by Crippen LogP contribution is -2.33. The molecule has 1 saturated heterocycles. The normalized spacial score (nSPS) is 19.3. The van der Waals surface area contributed by atoms with E-state index in [2.05, 4.69) is 16.2 Å². The van der Waals surface area contributed by atoms with E-state index in [0.29, 0.717) is 23.9 Å². The van der Waals surface area contributed by atoms with E-state index in [1.165, 1.54) is 36.3 Å². The fourth-order valence-corrected chi connectivity index (χ4v) is 6.53. The number of hydrogen-bond acceptors (Lipinski definition) is 6. The average molecular weight is 398 g/mol. The van der Waals surface area contributed by atoms with Gasteiger partial charge >= 0.3 is 5.97 Å². The molecule has 134 valence electrons. The van der Waals surface area contributed by atoms with E-state index in [1.807, 2.05) is 17.8 Å². The Kier molecular flexibility index (Phi) is 5.83. The standard InChI is InChI=1S/C17H19NO4S3/c1-22-17(19)13-4-6-14(7-5-13)25(20,21)18-9-8-16(24-12-10-18)15-3-2-11-23-15/h2-7,11,16H,8-10,12H2,1H3. The minimum atomic E-state index is -3.56. The number of hydrogen-bond donors (Lipinski definition) is 0. The molecule has 0 saturated carbocycles. The molecule has 0 bridgehead atoms. The number of carbonyl (C=O) groups excluding carboxylic acids is 1. The summed E-state index contributed by atoms with van der Waals surface area (Å²) in [5, 5.41) is 2.40. The maximum atomic E-state index is 12.9. The van der Waals surface area contributed by atoms with Crippen LogP contribution >= 0.6 is 23.1 Å². The molecule has 0 aliphatic carbocycles. The van der Waals surface area contributed by atoms with Gasteiger partial charge in [0.25, 0.3) is 0 Å². The molecule has 0 N–H and O–H groups in total. The zero-order valence-corrected chi connectivity index (χ0v) is 16.2. The number of benzene rings is 1. The molecule has 25 heavy (non-hydrogen) atoms. The van der Waals surface area contributed by atoms with Crippen LogP contribution in [0.4, 0.5) is 0 Å². The summed E-state index contributed by atoms with van der Waals surface area (Å²) in [6, 6.07) is 10.0. The van der Waals surface area contributed by atoms with Gasteiger partial charge in [-0.3, -0.25) is 0 Å². The highest BCUT2D eigenvalue weighted by atomic mass is 32.2. The Morgan fingerprint density at radius 3 is 2.60 bits per heavy atom. The van der Waals surface area contributed by atoms with Gasteiger partial charge in [-0.15, -0.1) is 11.3 Å². The monoisotopic (exact) mass is 397 g/mol. The van der Waals surface area contributed by atoms with Crippen molar-refractivity contribution in [2.75, 3.05) is 26.0 Å². The molecule has 1 fully saturated rings. The zero-order valence-electron chi connectivity index (χ0n) is 13.8. The molecule has 5 nitrogen and oxygen atoms in total. The highest BCUT2D eigenvalue weighted by Gasteiger charge is 2.28. The number of thiophene rings is 1. The second-order valence-electron chi connectivity index (χ2n) is 5.58. The van der Waals surface area contributed by atoms with Gasteiger partial charge < -0.3 is 4.74 Å². The van der Waals surface area contributed by atoms with Crippen LogP contribution in [0.1, 0.15) is 26.9 Å². The number of esters is 1. The second kappa shape index (κ2) is 7.90. The highest BCUT2D eigenvalue weighted by molar-refractivity contribution is 7.99. The summed E-state index contributed by atoms with van der Waals surface area (Å²) in [5.74, 6) is 0.288. The van der Waals surface area contributed by atoms with Crippen molar-refractivity contribution in [1.29, 1.82) is 0 Å². The summed E-state index contributed by atoms with van der Waals surface area (Å²) >= 11 is 3.53. The summed E-state index contributed by atoms with van der Waals surface area (Å²) in [6.45, 7) is 0.990. The van der Waals surface area contributed by atoms with Gasteiger partial charge in [-0.05, 0) is 42.1 Å². The van der Waals surface area contributed by atoms with Gasteiger partial charge in [0.05, 0.1) is 17.6 Å². The molecule has 1 aromatic heterocycles. The van der Waals surface area contributed by atoms with Crippen LogP contribution in [0, 0.1) is 0 Å². The van der Waals surface area contributed by atoms with Gasteiger partial charge in [0.15, 0.2) is 0 Å². The van der Waals surface area contributed by atoms with Gasteiger partial charge in [-0.1, -0.05) is 6.07 Å². The van der Waals surface area contributed by atoms with Crippen LogP contribution in [0.15, 0.2) is 46.7 Å². The van der Waals surface area contributed by atoms with E-state index in [0.717, 1.165) is 12.2 Å². The van der Waals surface area contributed by atoms with Crippen molar-refractivity contribution >= 4 is 39.1 Å². The lowest BCUT2D eigenvalue weighted by molar-refractivity contribution is 0.0600. The minimum Gasteiger partial charge on any atom is -0.465 e. The first-order valence-electron chi connectivity index (χ1n) is 7.86. The van der Waals surface area contributed by atoms with Crippen molar-refractivity contribution in [2.45, 2.75) is 16.6 Å². The number of ether oxygens (including phenoxy) is 1. The van der Waals surface area contributed by atoms with Crippen LogP contribution < -0.4 is 0 Å². The van der Waals surface area contributed by atoms with Crippen LogP contribution in [0.5, 0.6) is 0 Å². The smallest absolute Gasteiger partial charge is 0.337 e. The van der Waals surface area contributed by atoms with Gasteiger partial charge in [0.1, 0.15) is 0 Å². The quantitative estimate of drug-likeness (QED) is 0.740. The fourth-order valence-electron chi connectivity index (χ4n) is 2.72. The lowest BCUT2D eigenvalue weighted by Gasteiger charge is -2.20. The largest absolute Gasteiger partial charge is 0.465 e. The van der Waals surface area contributed by atoms with E-state index in [4.69, 9.17) is 0 Å². The SMILES string of the molecule is COC(=O)c1ccc(S(=O)(=O)N2CCSC(c3cccs3)CC2)cc1. The molecule has 1 aliphatic heterocycles. The Morgan fingerprint density at radius 1 is 1.20 bits per heavy atom. The summed E-state index contributed by atoms with van der Waals surface area (Å²) in [7, 11) is -2.26. The van der Waals surface area contributed by atoms with Crippen molar-refractivity contribution in [3.63, 3.8) is 0 Å². The molecular formula is C17H19NO4S3. The third-order valence-corrected chi connectivity index (χ3v) is 8.43. The van der Waals surface area contributed by atoms with Crippen molar-refractivity contribution < 1.29 is 17.9 Å². The third-order valence-electron chi connectivity index (χ3n) is 4.07. The van der Waals surface area contributed by atoms with Gasteiger partial charge in [-0.25, -0.2) is 13.2 Å². The van der Waals surface area contributed by atoms with Crippen LogP contribution in [0.3, 0.4) is 0 Å². The fraction of sp³-hybridized carbons (Fsp3) is 0.353. The first-order valence-corrected chi connectivity index (χ1v) is 11.2. The van der Waals surface area contributed by atoms with Crippen LogP contribution in [-0.4, -0.2) is 44.6 Å². The van der Waals surface area contributed by atoms with Crippen molar-refractivity contribution in [1.82, 2.24) is 4.31 Å². The Labute approximate surface area is 156 Å². The minimum absolute atomic E-state index is 0.208. The maximum absolute atomic E-state index is 12.9. The molecule has 2 aromatic rings. The molecule has 1 unspecified atom stereocenters. The van der Waals surface area contributed by atoms with Gasteiger partial charge in [0.2, 0.25) is 10.0 Å². The van der Waals surface area contributed by atoms with Crippen LogP contribution in [0.25, 0.3) is 0 Å². The van der Waals surface area contributed by atoms with Gasteiger partial charge in [-0.2, -0.15) is 16.1 Å². The first-order chi connectivity index (χ1) is 12.0. The number of rotatable bonds is 4. The zero-order chi connectivity index (χ0) is 17.9. The molecule has 3 rings (SSSR count). The van der Waals surface area contributed by atoms with Gasteiger partial charge in [0, 0.05) is 29.0 Å². The molecule has 0 spiro atoms. The van der Waals surface area contributed by atoms with Crippen molar-refractivity contribution in [3.05, 3.63) is 52.2 Å². The molecule has 0 radical (unpaired) electrons. The number of thioether (sulfide) groups is 1. The Balaban J connectivity index is 1.74. The predicted octanol–water partition coefficient (Wildman–Crippen LogP) is 3.40. The van der Waals surface area contributed by atoms with E-state index in [9.17, 15) is 13.2 Å². The number of sulfonamides is 1. The van der Waals surface area contributed by atoms with E-state index >= 15 is 0 Å². The molecule has 2 heterocycles. The Morgan fingerprint density at radius 2 is 1.96 bits per heavy atom. The van der Waals surface area contributed by atoms with E-state index in [-0.39, 0.29) is 4.90 Å². The predicted molar refractivity (Wildman–Crippen MR) is 101 cm³/mol. The summed E-state index contributed by atoms with van der Waals surface area (Å²) in [6.07, 6.45) is 0.796. The Hall–Kier alpha value is -1.35. The number of methoxy groups -OCH3 is 1. The molecule has 0 amide bonds. The first kappa shape index (κ1) is 18.4. The topological polar surface area (TPSA) is 63.7 Å². The number of carbonyl (C=O) groups is 1.